The number of hydrogen-bond donors (Lipinski definition) is 1. The highest BCUT2D eigenvalue weighted by Crippen LogP contribution is 2.23. The maximum absolute atomic E-state index is 12.4. The Morgan fingerprint density at radius 1 is 1.23 bits per heavy atom. The third-order valence-electron chi connectivity index (χ3n) is 4.37. The van der Waals surface area contributed by atoms with E-state index in [1.54, 1.807) is 6.07 Å². The van der Waals surface area contributed by atoms with Crippen LogP contribution in [0.15, 0.2) is 47.1 Å². The summed E-state index contributed by atoms with van der Waals surface area (Å²) in [6.45, 7) is 1.96. The highest BCUT2D eigenvalue weighted by molar-refractivity contribution is 5.94. The van der Waals surface area contributed by atoms with Gasteiger partial charge >= 0.3 is 0 Å². The zero-order valence-corrected chi connectivity index (χ0v) is 12.7. The van der Waals surface area contributed by atoms with Crippen LogP contribution in [-0.2, 0) is 13.0 Å². The fraction of sp³-hybridized carbons (Fsp3) is 0.389. The summed E-state index contributed by atoms with van der Waals surface area (Å²) in [5.74, 6) is 1.37. The van der Waals surface area contributed by atoms with Crippen molar-refractivity contribution < 1.29 is 9.21 Å². The van der Waals surface area contributed by atoms with Crippen LogP contribution in [0.25, 0.3) is 0 Å². The van der Waals surface area contributed by atoms with Gasteiger partial charge in [-0.3, -0.25) is 4.79 Å². The van der Waals surface area contributed by atoms with Crippen molar-refractivity contribution in [2.75, 3.05) is 13.1 Å². The average molecular weight is 298 g/mol. The second-order valence-electron chi connectivity index (χ2n) is 5.93. The lowest BCUT2D eigenvalue weighted by atomic mass is 9.90. The van der Waals surface area contributed by atoms with Gasteiger partial charge in [-0.25, -0.2) is 0 Å². The molecular formula is C18H22N2O2. The Labute approximate surface area is 130 Å². The first kappa shape index (κ1) is 14.9. The predicted octanol–water partition coefficient (Wildman–Crippen LogP) is 2.83. The molecule has 1 aliphatic rings. The van der Waals surface area contributed by atoms with Crippen LogP contribution in [-0.4, -0.2) is 23.9 Å². The SMILES string of the molecule is NCc1cc(C(=O)N2CCC(Cc3ccccc3)CC2)co1. The maximum Gasteiger partial charge on any atom is 0.257 e. The van der Waals surface area contributed by atoms with Gasteiger partial charge in [-0.1, -0.05) is 30.3 Å². The summed E-state index contributed by atoms with van der Waals surface area (Å²) in [4.78, 5) is 14.3. The molecule has 1 aromatic carbocycles. The first-order valence-corrected chi connectivity index (χ1v) is 7.87. The fourth-order valence-corrected chi connectivity index (χ4v) is 3.07. The summed E-state index contributed by atoms with van der Waals surface area (Å²) in [5.41, 5.74) is 7.51. The largest absolute Gasteiger partial charge is 0.467 e. The van der Waals surface area contributed by atoms with Crippen molar-refractivity contribution in [3.8, 4) is 0 Å². The predicted molar refractivity (Wildman–Crippen MR) is 85.4 cm³/mol. The third-order valence-corrected chi connectivity index (χ3v) is 4.37. The summed E-state index contributed by atoms with van der Waals surface area (Å²) < 4.78 is 5.25. The molecule has 1 amide bonds. The van der Waals surface area contributed by atoms with E-state index in [4.69, 9.17) is 10.2 Å². The summed E-state index contributed by atoms with van der Waals surface area (Å²) in [5, 5.41) is 0. The van der Waals surface area contributed by atoms with Gasteiger partial charge in [0, 0.05) is 13.1 Å². The molecule has 0 radical (unpaired) electrons. The van der Waals surface area contributed by atoms with Crippen LogP contribution >= 0.6 is 0 Å². The molecule has 0 unspecified atom stereocenters. The van der Waals surface area contributed by atoms with Crippen molar-refractivity contribution in [3.63, 3.8) is 0 Å². The molecule has 0 saturated carbocycles. The second-order valence-corrected chi connectivity index (χ2v) is 5.93. The van der Waals surface area contributed by atoms with Crippen LogP contribution in [0.5, 0.6) is 0 Å². The van der Waals surface area contributed by atoms with E-state index in [2.05, 4.69) is 24.3 Å². The summed E-state index contributed by atoms with van der Waals surface area (Å²) in [7, 11) is 0. The van der Waals surface area contributed by atoms with Crippen molar-refractivity contribution in [2.45, 2.75) is 25.8 Å². The summed E-state index contributed by atoms with van der Waals surface area (Å²) in [6.07, 6.45) is 4.73. The van der Waals surface area contributed by atoms with E-state index >= 15 is 0 Å². The van der Waals surface area contributed by atoms with Crippen molar-refractivity contribution in [1.29, 1.82) is 0 Å². The molecule has 1 aliphatic heterocycles. The van der Waals surface area contributed by atoms with Crippen LogP contribution in [0.4, 0.5) is 0 Å². The van der Waals surface area contributed by atoms with E-state index in [1.807, 2.05) is 11.0 Å². The second kappa shape index (κ2) is 6.79. The quantitative estimate of drug-likeness (QED) is 0.944. The molecule has 0 atom stereocenters. The number of carbonyl (C=O) groups excluding carboxylic acids is 1. The van der Waals surface area contributed by atoms with Gasteiger partial charge in [0.05, 0.1) is 12.1 Å². The summed E-state index contributed by atoms with van der Waals surface area (Å²) in [6, 6.07) is 12.3. The van der Waals surface area contributed by atoms with Crippen molar-refractivity contribution in [1.82, 2.24) is 4.90 Å². The van der Waals surface area contributed by atoms with Gasteiger partial charge in [-0.05, 0) is 36.8 Å². The van der Waals surface area contributed by atoms with Crippen LogP contribution in [0.2, 0.25) is 0 Å². The maximum atomic E-state index is 12.4. The molecule has 116 valence electrons. The van der Waals surface area contributed by atoms with Crippen molar-refractivity contribution in [2.24, 2.45) is 11.7 Å². The van der Waals surface area contributed by atoms with Gasteiger partial charge in [0.25, 0.3) is 5.91 Å². The number of rotatable bonds is 4. The monoisotopic (exact) mass is 298 g/mol. The van der Waals surface area contributed by atoms with Crippen molar-refractivity contribution in [3.05, 3.63) is 59.5 Å². The van der Waals surface area contributed by atoms with Gasteiger partial charge in [0.2, 0.25) is 0 Å². The number of carbonyl (C=O) groups is 1. The van der Waals surface area contributed by atoms with Gasteiger partial charge in [0.1, 0.15) is 12.0 Å². The van der Waals surface area contributed by atoms with Gasteiger partial charge in [-0.2, -0.15) is 0 Å². The zero-order chi connectivity index (χ0) is 15.4. The molecule has 1 fully saturated rings. The molecule has 0 aliphatic carbocycles. The van der Waals surface area contributed by atoms with E-state index < -0.39 is 0 Å². The Hall–Kier alpha value is -2.07. The van der Waals surface area contributed by atoms with E-state index in [-0.39, 0.29) is 5.91 Å². The van der Waals surface area contributed by atoms with E-state index in [9.17, 15) is 4.79 Å². The first-order valence-electron chi connectivity index (χ1n) is 7.87. The highest BCUT2D eigenvalue weighted by Gasteiger charge is 2.24. The standard InChI is InChI=1S/C18H22N2O2/c19-12-17-11-16(13-22-17)18(21)20-8-6-15(7-9-20)10-14-4-2-1-3-5-14/h1-5,11,13,15H,6-10,12,19H2. The minimum atomic E-state index is 0.0570. The molecule has 22 heavy (non-hydrogen) atoms. The lowest BCUT2D eigenvalue weighted by Gasteiger charge is -2.31. The van der Waals surface area contributed by atoms with E-state index in [0.29, 0.717) is 23.8 Å². The van der Waals surface area contributed by atoms with Gasteiger partial charge in [-0.15, -0.1) is 0 Å². The number of nitrogens with two attached hydrogens (primary N) is 1. The van der Waals surface area contributed by atoms with Crippen LogP contribution in [0, 0.1) is 5.92 Å². The Morgan fingerprint density at radius 3 is 2.59 bits per heavy atom. The Kier molecular flexibility index (Phi) is 4.59. The number of hydrogen-bond acceptors (Lipinski definition) is 3. The van der Waals surface area contributed by atoms with Crippen molar-refractivity contribution >= 4 is 5.91 Å². The Bertz CT molecular complexity index is 613. The Balaban J connectivity index is 1.54. The average Bonchev–Trinajstić information content (AvgIpc) is 3.05. The molecule has 4 nitrogen and oxygen atoms in total. The molecule has 3 rings (SSSR count). The molecule has 2 aromatic rings. The van der Waals surface area contributed by atoms with E-state index in [0.717, 1.165) is 32.4 Å². The summed E-state index contributed by atoms with van der Waals surface area (Å²) >= 11 is 0. The smallest absolute Gasteiger partial charge is 0.257 e. The number of nitrogens with zero attached hydrogens (tertiary/aromatic N) is 1. The molecule has 2 heterocycles. The van der Waals surface area contributed by atoms with Gasteiger partial charge < -0.3 is 15.1 Å². The first-order chi connectivity index (χ1) is 10.8. The minimum Gasteiger partial charge on any atom is -0.467 e. The topological polar surface area (TPSA) is 59.5 Å². The van der Waals surface area contributed by atoms with Crippen LogP contribution < -0.4 is 5.73 Å². The molecular weight excluding hydrogens is 276 g/mol. The number of furan rings is 1. The number of piperidine rings is 1. The zero-order valence-electron chi connectivity index (χ0n) is 12.7. The molecule has 4 heteroatoms. The molecule has 2 N–H and O–H groups in total. The number of benzene rings is 1. The molecule has 1 saturated heterocycles. The third kappa shape index (κ3) is 3.39. The fourth-order valence-electron chi connectivity index (χ4n) is 3.07. The lowest BCUT2D eigenvalue weighted by Crippen LogP contribution is -2.38. The molecule has 0 bridgehead atoms. The lowest BCUT2D eigenvalue weighted by molar-refractivity contribution is 0.0690. The Morgan fingerprint density at radius 2 is 1.95 bits per heavy atom. The number of likely N-dealkylation sites (tertiary alicyclic amines) is 1. The van der Waals surface area contributed by atoms with Crippen LogP contribution in [0.3, 0.4) is 0 Å². The number of amides is 1. The molecule has 1 aromatic heterocycles. The molecule has 0 spiro atoms. The highest BCUT2D eigenvalue weighted by atomic mass is 16.3. The normalized spacial score (nSPS) is 16.0. The minimum absolute atomic E-state index is 0.0570. The van der Waals surface area contributed by atoms with Gasteiger partial charge in [0.15, 0.2) is 0 Å². The van der Waals surface area contributed by atoms with Crippen LogP contribution in [0.1, 0.15) is 34.5 Å². The van der Waals surface area contributed by atoms with E-state index in [1.165, 1.54) is 11.8 Å².